The van der Waals surface area contributed by atoms with Gasteiger partial charge in [-0.05, 0) is 31.6 Å². The lowest BCUT2D eigenvalue weighted by atomic mass is 10.0. The molecule has 1 saturated carbocycles. The van der Waals surface area contributed by atoms with E-state index in [-0.39, 0.29) is 18.1 Å². The molecule has 0 aromatic heterocycles. The van der Waals surface area contributed by atoms with Crippen molar-refractivity contribution in [2.24, 2.45) is 11.7 Å². The number of carbonyl (C=O) groups excluding carboxylic acids is 1. The maximum atomic E-state index is 12.0. The molecule has 2 aliphatic rings. The Bertz CT molecular complexity index is 270. The van der Waals surface area contributed by atoms with Crippen LogP contribution in [0.25, 0.3) is 0 Å². The maximum Gasteiger partial charge on any atom is 0.249 e. The molecule has 0 spiro atoms. The molecule has 2 rings (SSSR count). The zero-order valence-electron chi connectivity index (χ0n) is 10.7. The van der Waals surface area contributed by atoms with Crippen LogP contribution in [0.4, 0.5) is 0 Å². The van der Waals surface area contributed by atoms with E-state index < -0.39 is 0 Å². The molecule has 4 nitrogen and oxygen atoms in total. The highest BCUT2D eigenvalue weighted by Crippen LogP contribution is 2.28. The van der Waals surface area contributed by atoms with Crippen LogP contribution in [0.1, 0.15) is 45.4 Å². The molecule has 0 radical (unpaired) electrons. The Labute approximate surface area is 103 Å². The van der Waals surface area contributed by atoms with Gasteiger partial charge in [-0.1, -0.05) is 19.8 Å². The molecule has 3 N–H and O–H groups in total. The van der Waals surface area contributed by atoms with Gasteiger partial charge in [0.2, 0.25) is 5.91 Å². The van der Waals surface area contributed by atoms with Gasteiger partial charge in [0.25, 0.3) is 0 Å². The SMILES string of the molecule is CCC1CCCC1NC(=O)[C@@H]1CC[C@H](CN)O1. The molecule has 1 aliphatic heterocycles. The molecule has 1 saturated heterocycles. The number of amides is 1. The third-order valence-corrected chi connectivity index (χ3v) is 4.17. The Kier molecular flexibility index (Phi) is 4.40. The Morgan fingerprint density at radius 1 is 1.35 bits per heavy atom. The van der Waals surface area contributed by atoms with E-state index in [2.05, 4.69) is 12.2 Å². The number of nitrogens with two attached hydrogens (primary N) is 1. The molecular formula is C13H24N2O2. The average molecular weight is 240 g/mol. The lowest BCUT2D eigenvalue weighted by molar-refractivity contribution is -0.132. The van der Waals surface area contributed by atoms with Crippen molar-refractivity contribution in [1.29, 1.82) is 0 Å². The minimum atomic E-state index is -0.262. The van der Waals surface area contributed by atoms with Crippen molar-refractivity contribution in [3.05, 3.63) is 0 Å². The second-order valence-electron chi connectivity index (χ2n) is 5.27. The Balaban J connectivity index is 1.81. The Morgan fingerprint density at radius 2 is 2.18 bits per heavy atom. The van der Waals surface area contributed by atoms with Crippen LogP contribution in [0.15, 0.2) is 0 Å². The van der Waals surface area contributed by atoms with E-state index in [1.165, 1.54) is 12.8 Å². The second-order valence-corrected chi connectivity index (χ2v) is 5.27. The Hall–Kier alpha value is -0.610. The maximum absolute atomic E-state index is 12.0. The van der Waals surface area contributed by atoms with Crippen molar-refractivity contribution >= 4 is 5.91 Å². The van der Waals surface area contributed by atoms with Crippen molar-refractivity contribution in [1.82, 2.24) is 5.32 Å². The van der Waals surface area contributed by atoms with Crippen molar-refractivity contribution < 1.29 is 9.53 Å². The number of nitrogens with one attached hydrogen (secondary N) is 1. The minimum absolute atomic E-state index is 0.0753. The number of hydrogen-bond acceptors (Lipinski definition) is 3. The summed E-state index contributed by atoms with van der Waals surface area (Å²) in [7, 11) is 0. The number of hydrogen-bond donors (Lipinski definition) is 2. The van der Waals surface area contributed by atoms with Crippen LogP contribution in [0.3, 0.4) is 0 Å². The zero-order chi connectivity index (χ0) is 12.3. The van der Waals surface area contributed by atoms with E-state index in [1.807, 2.05) is 0 Å². The van der Waals surface area contributed by atoms with Crippen LogP contribution in [0.2, 0.25) is 0 Å². The standard InChI is InChI=1S/C13H24N2O2/c1-2-9-4-3-5-11(9)15-13(16)12-7-6-10(8-14)17-12/h9-12H,2-8,14H2,1H3,(H,15,16)/t9?,10-,11?,12+/m1/s1. The summed E-state index contributed by atoms with van der Waals surface area (Å²) in [6, 6.07) is 0.369. The van der Waals surface area contributed by atoms with Gasteiger partial charge in [-0.25, -0.2) is 0 Å². The van der Waals surface area contributed by atoms with Crippen LogP contribution in [-0.4, -0.2) is 30.7 Å². The fourth-order valence-corrected chi connectivity index (χ4v) is 3.06. The molecule has 1 aliphatic carbocycles. The highest BCUT2D eigenvalue weighted by molar-refractivity contribution is 5.81. The zero-order valence-corrected chi connectivity index (χ0v) is 10.7. The highest BCUT2D eigenvalue weighted by atomic mass is 16.5. The van der Waals surface area contributed by atoms with Crippen LogP contribution in [0, 0.1) is 5.92 Å². The smallest absolute Gasteiger partial charge is 0.249 e. The molecule has 2 unspecified atom stereocenters. The number of rotatable bonds is 4. The van der Waals surface area contributed by atoms with Crippen molar-refractivity contribution in [2.75, 3.05) is 6.54 Å². The summed E-state index contributed by atoms with van der Waals surface area (Å²) in [6.07, 6.45) is 6.31. The number of ether oxygens (including phenoxy) is 1. The first-order valence-corrected chi connectivity index (χ1v) is 6.90. The largest absolute Gasteiger partial charge is 0.364 e. The van der Waals surface area contributed by atoms with E-state index in [1.54, 1.807) is 0 Å². The van der Waals surface area contributed by atoms with Crippen molar-refractivity contribution in [3.8, 4) is 0 Å². The van der Waals surface area contributed by atoms with Gasteiger partial charge in [-0.15, -0.1) is 0 Å². The summed E-state index contributed by atoms with van der Waals surface area (Å²) >= 11 is 0. The van der Waals surface area contributed by atoms with Crippen LogP contribution >= 0.6 is 0 Å². The Morgan fingerprint density at radius 3 is 2.82 bits per heavy atom. The van der Waals surface area contributed by atoms with Gasteiger partial charge in [-0.3, -0.25) is 4.79 Å². The van der Waals surface area contributed by atoms with Gasteiger partial charge in [0.15, 0.2) is 0 Å². The average Bonchev–Trinajstić information content (AvgIpc) is 2.96. The normalized spacial score (nSPS) is 37.3. The fourth-order valence-electron chi connectivity index (χ4n) is 3.06. The van der Waals surface area contributed by atoms with Gasteiger partial charge in [0, 0.05) is 12.6 Å². The predicted octanol–water partition coefficient (Wildman–Crippen LogP) is 1.19. The van der Waals surface area contributed by atoms with Gasteiger partial charge < -0.3 is 15.8 Å². The summed E-state index contributed by atoms with van der Waals surface area (Å²) in [4.78, 5) is 12.0. The first-order valence-electron chi connectivity index (χ1n) is 6.90. The molecule has 4 atom stereocenters. The van der Waals surface area contributed by atoms with E-state index >= 15 is 0 Å². The quantitative estimate of drug-likeness (QED) is 0.775. The van der Waals surface area contributed by atoms with Gasteiger partial charge in [0.1, 0.15) is 6.10 Å². The molecule has 0 aromatic carbocycles. The topological polar surface area (TPSA) is 64.4 Å². The van der Waals surface area contributed by atoms with E-state index in [4.69, 9.17) is 10.5 Å². The lowest BCUT2D eigenvalue weighted by Crippen LogP contribution is -2.43. The first-order chi connectivity index (χ1) is 8.24. The molecule has 4 heteroatoms. The molecular weight excluding hydrogens is 216 g/mol. The molecule has 0 aromatic rings. The fraction of sp³-hybridized carbons (Fsp3) is 0.923. The van der Waals surface area contributed by atoms with Crippen LogP contribution in [-0.2, 0) is 9.53 Å². The van der Waals surface area contributed by atoms with Crippen molar-refractivity contribution in [2.45, 2.75) is 63.7 Å². The first kappa shape index (κ1) is 12.8. The van der Waals surface area contributed by atoms with Crippen LogP contribution in [0.5, 0.6) is 0 Å². The molecule has 1 amide bonds. The monoisotopic (exact) mass is 240 g/mol. The third kappa shape index (κ3) is 2.99. The van der Waals surface area contributed by atoms with E-state index in [9.17, 15) is 4.79 Å². The van der Waals surface area contributed by atoms with Crippen molar-refractivity contribution in [3.63, 3.8) is 0 Å². The molecule has 0 bridgehead atoms. The summed E-state index contributed by atoms with van der Waals surface area (Å²) in [5.41, 5.74) is 5.55. The van der Waals surface area contributed by atoms with Gasteiger partial charge >= 0.3 is 0 Å². The van der Waals surface area contributed by atoms with E-state index in [0.717, 1.165) is 25.7 Å². The number of carbonyl (C=O) groups is 1. The molecule has 17 heavy (non-hydrogen) atoms. The second kappa shape index (κ2) is 5.83. The molecule has 1 heterocycles. The highest BCUT2D eigenvalue weighted by Gasteiger charge is 2.33. The van der Waals surface area contributed by atoms with Gasteiger partial charge in [0.05, 0.1) is 6.10 Å². The van der Waals surface area contributed by atoms with E-state index in [0.29, 0.717) is 18.5 Å². The molecule has 2 fully saturated rings. The minimum Gasteiger partial charge on any atom is -0.364 e. The summed E-state index contributed by atoms with van der Waals surface area (Å²) < 4.78 is 5.61. The summed E-state index contributed by atoms with van der Waals surface area (Å²) in [5.74, 6) is 0.733. The molecule has 98 valence electrons. The van der Waals surface area contributed by atoms with Crippen LogP contribution < -0.4 is 11.1 Å². The lowest BCUT2D eigenvalue weighted by Gasteiger charge is -2.21. The summed E-state index contributed by atoms with van der Waals surface area (Å²) in [6.45, 7) is 2.72. The van der Waals surface area contributed by atoms with Gasteiger partial charge in [-0.2, -0.15) is 0 Å². The predicted molar refractivity (Wildman–Crippen MR) is 66.5 cm³/mol. The summed E-state index contributed by atoms with van der Waals surface area (Å²) in [5, 5.41) is 3.16. The third-order valence-electron chi connectivity index (χ3n) is 4.17.